The second-order valence-electron chi connectivity index (χ2n) is 3.93. The molecule has 0 spiro atoms. The summed E-state index contributed by atoms with van der Waals surface area (Å²) in [5.41, 5.74) is 0.292. The molecular formula is C9H16O2. The highest BCUT2D eigenvalue weighted by Crippen LogP contribution is 2.53. The monoisotopic (exact) mass is 156 g/mol. The Labute approximate surface area is 67.6 Å². The Bertz CT molecular complexity index is 134. The lowest BCUT2D eigenvalue weighted by Gasteiger charge is -2.28. The molecule has 2 heteroatoms. The third kappa shape index (κ3) is 1.30. The number of aliphatic hydroxyl groups is 1. The first-order valence-corrected chi connectivity index (χ1v) is 4.56. The molecule has 0 aromatic rings. The molecular weight excluding hydrogens is 140 g/mol. The van der Waals surface area contributed by atoms with Gasteiger partial charge in [-0.1, -0.05) is 0 Å². The van der Waals surface area contributed by atoms with E-state index in [1.807, 2.05) is 0 Å². The molecule has 1 saturated carbocycles. The molecule has 1 unspecified atom stereocenters. The first-order valence-electron chi connectivity index (χ1n) is 4.56. The Morgan fingerprint density at radius 1 is 1.45 bits per heavy atom. The van der Waals surface area contributed by atoms with Crippen molar-refractivity contribution >= 4 is 0 Å². The van der Waals surface area contributed by atoms with Crippen LogP contribution in [0.1, 0.15) is 25.7 Å². The molecule has 0 radical (unpaired) electrons. The second kappa shape index (κ2) is 2.76. The van der Waals surface area contributed by atoms with Gasteiger partial charge < -0.3 is 9.84 Å². The fourth-order valence-corrected chi connectivity index (χ4v) is 2.08. The summed E-state index contributed by atoms with van der Waals surface area (Å²) in [6.45, 7) is 2.19. The standard InChI is InChI=1S/C9H16O2/c10-7-9(3-4-9)8-2-1-5-11-6-8/h8,10H,1-7H2. The average molecular weight is 156 g/mol. The van der Waals surface area contributed by atoms with Gasteiger partial charge in [-0.05, 0) is 37.0 Å². The van der Waals surface area contributed by atoms with Crippen LogP contribution in [-0.2, 0) is 4.74 Å². The van der Waals surface area contributed by atoms with Crippen molar-refractivity contribution in [1.82, 2.24) is 0 Å². The van der Waals surface area contributed by atoms with Gasteiger partial charge in [0.2, 0.25) is 0 Å². The number of hydrogen-bond acceptors (Lipinski definition) is 2. The minimum atomic E-state index is 0.292. The van der Waals surface area contributed by atoms with E-state index in [0.29, 0.717) is 17.9 Å². The Morgan fingerprint density at radius 3 is 2.73 bits per heavy atom. The van der Waals surface area contributed by atoms with Crippen molar-refractivity contribution < 1.29 is 9.84 Å². The maximum absolute atomic E-state index is 9.15. The molecule has 1 aliphatic carbocycles. The lowest BCUT2D eigenvalue weighted by Crippen LogP contribution is -2.28. The van der Waals surface area contributed by atoms with Crippen molar-refractivity contribution in [1.29, 1.82) is 0 Å². The molecule has 2 nitrogen and oxygen atoms in total. The second-order valence-corrected chi connectivity index (χ2v) is 3.93. The van der Waals surface area contributed by atoms with Crippen LogP contribution in [0.2, 0.25) is 0 Å². The van der Waals surface area contributed by atoms with E-state index >= 15 is 0 Å². The van der Waals surface area contributed by atoms with Crippen molar-refractivity contribution in [2.45, 2.75) is 25.7 Å². The van der Waals surface area contributed by atoms with Crippen molar-refractivity contribution in [2.24, 2.45) is 11.3 Å². The van der Waals surface area contributed by atoms with Crippen LogP contribution >= 0.6 is 0 Å². The van der Waals surface area contributed by atoms with E-state index in [0.717, 1.165) is 13.2 Å². The average Bonchev–Trinajstić information content (AvgIpc) is 2.86. The summed E-state index contributed by atoms with van der Waals surface area (Å²) in [7, 11) is 0. The molecule has 2 fully saturated rings. The largest absolute Gasteiger partial charge is 0.396 e. The number of hydrogen-bond donors (Lipinski definition) is 1. The zero-order valence-electron chi connectivity index (χ0n) is 6.88. The van der Waals surface area contributed by atoms with Gasteiger partial charge in [0.05, 0.1) is 0 Å². The summed E-state index contributed by atoms with van der Waals surface area (Å²) < 4.78 is 5.40. The van der Waals surface area contributed by atoms with Crippen molar-refractivity contribution in [2.75, 3.05) is 19.8 Å². The molecule has 0 aromatic heterocycles. The first kappa shape index (κ1) is 7.56. The van der Waals surface area contributed by atoms with Crippen LogP contribution in [0.4, 0.5) is 0 Å². The molecule has 1 N–H and O–H groups in total. The summed E-state index contributed by atoms with van der Waals surface area (Å²) in [5, 5.41) is 9.15. The van der Waals surface area contributed by atoms with Gasteiger partial charge in [0.25, 0.3) is 0 Å². The molecule has 0 bridgehead atoms. The highest BCUT2D eigenvalue weighted by Gasteiger charge is 2.48. The molecule has 1 atom stereocenters. The van der Waals surface area contributed by atoms with E-state index in [-0.39, 0.29) is 0 Å². The van der Waals surface area contributed by atoms with Gasteiger partial charge in [0.1, 0.15) is 0 Å². The highest BCUT2D eigenvalue weighted by atomic mass is 16.5. The molecule has 0 aromatic carbocycles. The van der Waals surface area contributed by atoms with E-state index in [9.17, 15) is 0 Å². The molecule has 1 heterocycles. The zero-order chi connectivity index (χ0) is 7.73. The molecule has 2 aliphatic rings. The van der Waals surface area contributed by atoms with Crippen LogP contribution in [0.25, 0.3) is 0 Å². The Balaban J connectivity index is 1.92. The van der Waals surface area contributed by atoms with E-state index in [1.165, 1.54) is 25.7 Å². The lowest BCUT2D eigenvalue weighted by molar-refractivity contribution is 0.00748. The van der Waals surface area contributed by atoms with Crippen LogP contribution in [0.5, 0.6) is 0 Å². The van der Waals surface area contributed by atoms with E-state index in [4.69, 9.17) is 9.84 Å². The van der Waals surface area contributed by atoms with Gasteiger partial charge in [-0.15, -0.1) is 0 Å². The minimum Gasteiger partial charge on any atom is -0.396 e. The van der Waals surface area contributed by atoms with Gasteiger partial charge in [-0.2, -0.15) is 0 Å². The highest BCUT2D eigenvalue weighted by molar-refractivity contribution is 4.98. The Kier molecular flexibility index (Phi) is 1.90. The van der Waals surface area contributed by atoms with Crippen molar-refractivity contribution in [3.8, 4) is 0 Å². The predicted molar refractivity (Wildman–Crippen MR) is 42.3 cm³/mol. The topological polar surface area (TPSA) is 29.5 Å². The fourth-order valence-electron chi connectivity index (χ4n) is 2.08. The van der Waals surface area contributed by atoms with Crippen LogP contribution in [-0.4, -0.2) is 24.9 Å². The predicted octanol–water partition coefficient (Wildman–Crippen LogP) is 1.19. The summed E-state index contributed by atoms with van der Waals surface area (Å²) in [6.07, 6.45) is 4.89. The fraction of sp³-hybridized carbons (Fsp3) is 1.00. The van der Waals surface area contributed by atoms with E-state index in [2.05, 4.69) is 0 Å². The SMILES string of the molecule is OCC1(C2CCCOC2)CC1. The maximum atomic E-state index is 9.15. The first-order chi connectivity index (χ1) is 5.37. The Morgan fingerprint density at radius 2 is 2.27 bits per heavy atom. The van der Waals surface area contributed by atoms with Gasteiger partial charge >= 0.3 is 0 Å². The zero-order valence-corrected chi connectivity index (χ0v) is 6.88. The minimum absolute atomic E-state index is 0.292. The molecule has 1 saturated heterocycles. The third-order valence-electron chi connectivity index (χ3n) is 3.23. The summed E-state index contributed by atoms with van der Waals surface area (Å²) in [6, 6.07) is 0. The lowest BCUT2D eigenvalue weighted by atomic mass is 9.85. The van der Waals surface area contributed by atoms with Crippen molar-refractivity contribution in [3.63, 3.8) is 0 Å². The van der Waals surface area contributed by atoms with Gasteiger partial charge in [0.15, 0.2) is 0 Å². The maximum Gasteiger partial charge on any atom is 0.0500 e. The van der Waals surface area contributed by atoms with E-state index in [1.54, 1.807) is 0 Å². The summed E-state index contributed by atoms with van der Waals surface area (Å²) in [5.74, 6) is 0.654. The summed E-state index contributed by atoms with van der Waals surface area (Å²) in [4.78, 5) is 0. The quantitative estimate of drug-likeness (QED) is 0.650. The van der Waals surface area contributed by atoms with Crippen LogP contribution in [0.15, 0.2) is 0 Å². The molecule has 64 valence electrons. The normalized spacial score (nSPS) is 35.2. The number of rotatable bonds is 2. The molecule has 11 heavy (non-hydrogen) atoms. The molecule has 0 amide bonds. The van der Waals surface area contributed by atoms with E-state index < -0.39 is 0 Å². The number of ether oxygens (including phenoxy) is 1. The molecule has 2 rings (SSSR count). The van der Waals surface area contributed by atoms with Crippen LogP contribution in [0, 0.1) is 11.3 Å². The van der Waals surface area contributed by atoms with Crippen molar-refractivity contribution in [3.05, 3.63) is 0 Å². The van der Waals surface area contributed by atoms with Gasteiger partial charge in [0, 0.05) is 19.8 Å². The smallest absolute Gasteiger partial charge is 0.0500 e. The van der Waals surface area contributed by atoms with Crippen LogP contribution in [0.3, 0.4) is 0 Å². The Hall–Kier alpha value is -0.0800. The number of aliphatic hydroxyl groups excluding tert-OH is 1. The molecule has 1 aliphatic heterocycles. The summed E-state index contributed by atoms with van der Waals surface area (Å²) >= 11 is 0. The van der Waals surface area contributed by atoms with Gasteiger partial charge in [-0.3, -0.25) is 0 Å². The van der Waals surface area contributed by atoms with Crippen LogP contribution < -0.4 is 0 Å². The van der Waals surface area contributed by atoms with Gasteiger partial charge in [-0.25, -0.2) is 0 Å². The third-order valence-corrected chi connectivity index (χ3v) is 3.23.